The molecule has 1 N–H and O–H groups in total. The van der Waals surface area contributed by atoms with Crippen molar-refractivity contribution in [2.24, 2.45) is 0 Å². The number of nitrogens with zero attached hydrogens (tertiary/aromatic N) is 3. The quantitative estimate of drug-likeness (QED) is 0.910. The van der Waals surface area contributed by atoms with Gasteiger partial charge < -0.3 is 5.11 Å². The van der Waals surface area contributed by atoms with E-state index < -0.39 is 17.8 Å². The van der Waals surface area contributed by atoms with Gasteiger partial charge in [0.2, 0.25) is 0 Å². The minimum absolute atomic E-state index is 0.233. The van der Waals surface area contributed by atoms with E-state index in [1.54, 1.807) is 0 Å². The fourth-order valence-electron chi connectivity index (χ4n) is 1.55. The van der Waals surface area contributed by atoms with Crippen LogP contribution in [0.3, 0.4) is 0 Å². The Hall–Kier alpha value is -2.02. The third-order valence-corrected chi connectivity index (χ3v) is 2.46. The second kappa shape index (κ2) is 4.93. The van der Waals surface area contributed by atoms with Gasteiger partial charge in [-0.25, -0.2) is 0 Å². The van der Waals surface area contributed by atoms with Crippen molar-refractivity contribution in [2.75, 3.05) is 0 Å². The lowest BCUT2D eigenvalue weighted by atomic mass is 10.1. The molecule has 0 aliphatic heterocycles. The molecule has 0 saturated heterocycles. The Labute approximate surface area is 107 Å². The third-order valence-electron chi connectivity index (χ3n) is 2.46. The Morgan fingerprint density at radius 2 is 1.79 bits per heavy atom. The van der Waals surface area contributed by atoms with Crippen molar-refractivity contribution in [3.63, 3.8) is 0 Å². The third kappa shape index (κ3) is 2.87. The van der Waals surface area contributed by atoms with Crippen LogP contribution in [0, 0.1) is 0 Å². The highest BCUT2D eigenvalue weighted by molar-refractivity contribution is 5.57. The van der Waals surface area contributed by atoms with Gasteiger partial charge in [0.25, 0.3) is 0 Å². The SMILES string of the molecule is C[C@@H](O)c1nccnc1-c1ccc(C(F)(F)F)cn1. The molecule has 0 aliphatic rings. The topological polar surface area (TPSA) is 58.9 Å². The van der Waals surface area contributed by atoms with Crippen LogP contribution in [0.2, 0.25) is 0 Å². The van der Waals surface area contributed by atoms with Crippen molar-refractivity contribution in [1.82, 2.24) is 15.0 Å². The normalized spacial score (nSPS) is 13.3. The summed E-state index contributed by atoms with van der Waals surface area (Å²) in [6.07, 6.45) is -1.79. The van der Waals surface area contributed by atoms with Gasteiger partial charge >= 0.3 is 6.18 Å². The predicted molar refractivity (Wildman–Crippen MR) is 60.9 cm³/mol. The molecule has 0 spiro atoms. The first-order chi connectivity index (χ1) is 8.89. The van der Waals surface area contributed by atoms with Crippen molar-refractivity contribution in [3.8, 4) is 11.4 Å². The molecule has 2 aromatic heterocycles. The van der Waals surface area contributed by atoms with E-state index >= 15 is 0 Å². The lowest BCUT2D eigenvalue weighted by Gasteiger charge is -2.10. The molecule has 0 bridgehead atoms. The summed E-state index contributed by atoms with van der Waals surface area (Å²) in [6.45, 7) is 1.50. The van der Waals surface area contributed by atoms with Crippen LogP contribution >= 0.6 is 0 Å². The van der Waals surface area contributed by atoms with E-state index in [0.29, 0.717) is 0 Å². The maximum atomic E-state index is 12.4. The fraction of sp³-hybridized carbons (Fsp3) is 0.250. The molecular formula is C12H10F3N3O. The first kappa shape index (κ1) is 13.4. The summed E-state index contributed by atoms with van der Waals surface area (Å²) in [4.78, 5) is 11.7. The fourth-order valence-corrected chi connectivity index (χ4v) is 1.55. The van der Waals surface area contributed by atoms with E-state index in [-0.39, 0.29) is 17.1 Å². The number of hydrogen-bond donors (Lipinski definition) is 1. The zero-order chi connectivity index (χ0) is 14.0. The number of pyridine rings is 1. The second-order valence-electron chi connectivity index (χ2n) is 3.90. The van der Waals surface area contributed by atoms with E-state index in [1.807, 2.05) is 0 Å². The molecule has 4 nitrogen and oxygen atoms in total. The summed E-state index contributed by atoms with van der Waals surface area (Å²) in [5.74, 6) is 0. The van der Waals surface area contributed by atoms with Crippen LogP contribution < -0.4 is 0 Å². The van der Waals surface area contributed by atoms with Crippen LogP contribution in [0.4, 0.5) is 13.2 Å². The van der Waals surface area contributed by atoms with Gasteiger partial charge in [0.15, 0.2) is 0 Å². The standard InChI is InChI=1S/C12H10F3N3O/c1-7(19)10-11(17-5-4-16-10)9-3-2-8(6-18-9)12(13,14)15/h2-7,19H,1H3/t7-/m1/s1. The molecule has 2 aromatic rings. The molecule has 0 amide bonds. The van der Waals surface area contributed by atoms with E-state index in [4.69, 9.17) is 0 Å². The minimum Gasteiger partial charge on any atom is -0.387 e. The highest BCUT2D eigenvalue weighted by Gasteiger charge is 2.30. The smallest absolute Gasteiger partial charge is 0.387 e. The van der Waals surface area contributed by atoms with Gasteiger partial charge in [-0.05, 0) is 19.1 Å². The van der Waals surface area contributed by atoms with Gasteiger partial charge in [-0.2, -0.15) is 13.2 Å². The minimum atomic E-state index is -4.43. The molecule has 7 heteroatoms. The molecular weight excluding hydrogens is 259 g/mol. The highest BCUT2D eigenvalue weighted by atomic mass is 19.4. The van der Waals surface area contributed by atoms with E-state index in [0.717, 1.165) is 12.3 Å². The van der Waals surface area contributed by atoms with Gasteiger partial charge in [-0.3, -0.25) is 15.0 Å². The van der Waals surface area contributed by atoms with Crippen molar-refractivity contribution in [3.05, 3.63) is 42.0 Å². The molecule has 100 valence electrons. The first-order valence-corrected chi connectivity index (χ1v) is 5.42. The highest BCUT2D eigenvalue weighted by Crippen LogP contribution is 2.30. The molecule has 1 atom stereocenters. The van der Waals surface area contributed by atoms with Crippen molar-refractivity contribution in [2.45, 2.75) is 19.2 Å². The number of alkyl halides is 3. The first-order valence-electron chi connectivity index (χ1n) is 5.42. The Kier molecular flexibility index (Phi) is 3.48. The van der Waals surface area contributed by atoms with Crippen LogP contribution in [0.5, 0.6) is 0 Å². The summed E-state index contributed by atoms with van der Waals surface area (Å²) in [7, 11) is 0. The van der Waals surface area contributed by atoms with E-state index in [1.165, 1.54) is 25.4 Å². The van der Waals surface area contributed by atoms with Gasteiger partial charge in [0.1, 0.15) is 5.69 Å². The zero-order valence-corrected chi connectivity index (χ0v) is 9.89. The van der Waals surface area contributed by atoms with Crippen molar-refractivity contribution < 1.29 is 18.3 Å². The maximum absolute atomic E-state index is 12.4. The van der Waals surface area contributed by atoms with Crippen LogP contribution in [-0.4, -0.2) is 20.1 Å². The predicted octanol–water partition coefficient (Wildman–Crippen LogP) is 2.61. The van der Waals surface area contributed by atoms with Crippen molar-refractivity contribution in [1.29, 1.82) is 0 Å². The average Bonchev–Trinajstić information content (AvgIpc) is 2.38. The zero-order valence-electron chi connectivity index (χ0n) is 9.89. The van der Waals surface area contributed by atoms with Gasteiger partial charge in [-0.15, -0.1) is 0 Å². The van der Waals surface area contributed by atoms with Crippen LogP contribution in [0.25, 0.3) is 11.4 Å². The average molecular weight is 269 g/mol. The molecule has 0 unspecified atom stereocenters. The number of aromatic nitrogens is 3. The van der Waals surface area contributed by atoms with E-state index in [2.05, 4.69) is 15.0 Å². The Morgan fingerprint density at radius 3 is 2.32 bits per heavy atom. The van der Waals surface area contributed by atoms with E-state index in [9.17, 15) is 18.3 Å². The Bertz CT molecular complexity index is 567. The maximum Gasteiger partial charge on any atom is 0.417 e. The number of halogens is 3. The molecule has 2 rings (SSSR count). The number of rotatable bonds is 2. The monoisotopic (exact) mass is 269 g/mol. The van der Waals surface area contributed by atoms with Crippen LogP contribution in [0.15, 0.2) is 30.7 Å². The second-order valence-corrected chi connectivity index (χ2v) is 3.90. The van der Waals surface area contributed by atoms with Crippen LogP contribution in [-0.2, 0) is 6.18 Å². The van der Waals surface area contributed by atoms with Gasteiger partial charge in [-0.1, -0.05) is 0 Å². The van der Waals surface area contributed by atoms with Gasteiger partial charge in [0, 0.05) is 18.6 Å². The largest absolute Gasteiger partial charge is 0.417 e. The van der Waals surface area contributed by atoms with Crippen LogP contribution in [0.1, 0.15) is 24.3 Å². The molecule has 0 radical (unpaired) electrons. The summed E-state index contributed by atoms with van der Waals surface area (Å²) < 4.78 is 37.3. The van der Waals surface area contributed by atoms with Gasteiger partial charge in [0.05, 0.1) is 23.1 Å². The molecule has 2 heterocycles. The molecule has 0 aliphatic carbocycles. The molecule has 0 aromatic carbocycles. The van der Waals surface area contributed by atoms with Crippen molar-refractivity contribution >= 4 is 0 Å². The molecule has 0 fully saturated rings. The summed E-state index contributed by atoms with van der Waals surface area (Å²) in [6, 6.07) is 2.13. The number of aliphatic hydroxyl groups excluding tert-OH is 1. The molecule has 19 heavy (non-hydrogen) atoms. The lowest BCUT2D eigenvalue weighted by molar-refractivity contribution is -0.137. The Balaban J connectivity index is 2.43. The number of aliphatic hydroxyl groups is 1. The molecule has 0 saturated carbocycles. The summed E-state index contributed by atoms with van der Waals surface area (Å²) in [5, 5.41) is 9.54. The number of hydrogen-bond acceptors (Lipinski definition) is 4. The lowest BCUT2D eigenvalue weighted by Crippen LogP contribution is -2.06. The summed E-state index contributed by atoms with van der Waals surface area (Å²) >= 11 is 0. The Morgan fingerprint density at radius 1 is 1.11 bits per heavy atom. The summed E-state index contributed by atoms with van der Waals surface area (Å²) in [5.41, 5.74) is -0.0586.